The van der Waals surface area contributed by atoms with E-state index < -0.39 is 0 Å². The summed E-state index contributed by atoms with van der Waals surface area (Å²) in [5.41, 5.74) is 0. The predicted molar refractivity (Wildman–Crippen MR) is 93.8 cm³/mol. The summed E-state index contributed by atoms with van der Waals surface area (Å²) in [6, 6.07) is 0. The van der Waals surface area contributed by atoms with Crippen LogP contribution in [0.1, 0.15) is 78.1 Å². The van der Waals surface area contributed by atoms with Crippen molar-refractivity contribution in [2.75, 3.05) is 6.61 Å². The van der Waals surface area contributed by atoms with Crippen LogP contribution in [-0.4, -0.2) is 12.7 Å². The zero-order valence-corrected chi connectivity index (χ0v) is 14.8. The van der Waals surface area contributed by atoms with E-state index in [-0.39, 0.29) is 0 Å². The van der Waals surface area contributed by atoms with E-state index in [1.54, 1.807) is 0 Å². The Kier molecular flexibility index (Phi) is 6.02. The number of hydrogen-bond acceptors (Lipinski definition) is 1. The van der Waals surface area contributed by atoms with E-state index in [9.17, 15) is 0 Å². The molecule has 0 aromatic rings. The van der Waals surface area contributed by atoms with E-state index in [1.807, 2.05) is 0 Å². The van der Waals surface area contributed by atoms with Gasteiger partial charge >= 0.3 is 0 Å². The molecule has 0 aliphatic heterocycles. The van der Waals surface area contributed by atoms with E-state index in [1.165, 1.54) is 64.2 Å². The molecule has 0 radical (unpaired) electrons. The maximum atomic E-state index is 6.29. The summed E-state index contributed by atoms with van der Waals surface area (Å²) >= 11 is 0. The van der Waals surface area contributed by atoms with Crippen LogP contribution in [-0.2, 0) is 4.74 Å². The number of ether oxygens (including phenoxy) is 1. The molecule has 2 unspecified atom stereocenters. The molecule has 0 spiro atoms. The Labute approximate surface area is 137 Å². The average Bonchev–Trinajstić information content (AvgIpc) is 2.56. The molecule has 0 amide bonds. The van der Waals surface area contributed by atoms with E-state index in [0.29, 0.717) is 6.10 Å². The highest BCUT2D eigenvalue weighted by atomic mass is 16.5. The number of hydrogen-bond donors (Lipinski definition) is 0. The minimum atomic E-state index is 0.571. The molecule has 22 heavy (non-hydrogen) atoms. The molecule has 1 nitrogen and oxygen atoms in total. The predicted octanol–water partition coefficient (Wildman–Crippen LogP) is 5.99. The van der Waals surface area contributed by atoms with Gasteiger partial charge in [0.15, 0.2) is 0 Å². The van der Waals surface area contributed by atoms with Crippen LogP contribution in [0.5, 0.6) is 0 Å². The minimum absolute atomic E-state index is 0.571. The molecule has 2 saturated carbocycles. The van der Waals surface area contributed by atoms with Gasteiger partial charge in [-0.25, -0.2) is 0 Å². The Morgan fingerprint density at radius 1 is 0.773 bits per heavy atom. The van der Waals surface area contributed by atoms with Gasteiger partial charge in [-0.1, -0.05) is 38.8 Å². The quantitative estimate of drug-likeness (QED) is 0.580. The van der Waals surface area contributed by atoms with Crippen LogP contribution in [0.25, 0.3) is 0 Å². The molecule has 0 aromatic carbocycles. The van der Waals surface area contributed by atoms with Gasteiger partial charge in [0, 0.05) is 6.61 Å². The molecular formula is C21H36O. The third-order valence-electron chi connectivity index (χ3n) is 6.67. The van der Waals surface area contributed by atoms with Crippen molar-refractivity contribution in [2.24, 2.45) is 29.6 Å². The highest BCUT2D eigenvalue weighted by Gasteiger charge is 2.28. The van der Waals surface area contributed by atoms with Crippen molar-refractivity contribution in [1.29, 1.82) is 0 Å². The summed E-state index contributed by atoms with van der Waals surface area (Å²) < 4.78 is 6.29. The molecule has 2 fully saturated rings. The van der Waals surface area contributed by atoms with E-state index in [0.717, 1.165) is 36.2 Å². The first-order chi connectivity index (χ1) is 10.7. The topological polar surface area (TPSA) is 9.23 Å². The van der Waals surface area contributed by atoms with Gasteiger partial charge in [0.1, 0.15) is 0 Å². The van der Waals surface area contributed by atoms with Crippen molar-refractivity contribution in [3.8, 4) is 0 Å². The van der Waals surface area contributed by atoms with Crippen LogP contribution < -0.4 is 0 Å². The van der Waals surface area contributed by atoms with Crippen LogP contribution in [0.3, 0.4) is 0 Å². The Bertz CT molecular complexity index is 345. The van der Waals surface area contributed by atoms with E-state index in [4.69, 9.17) is 4.74 Å². The van der Waals surface area contributed by atoms with Crippen molar-refractivity contribution in [3.05, 3.63) is 12.2 Å². The summed E-state index contributed by atoms with van der Waals surface area (Å²) in [6.45, 7) is 5.80. The first-order valence-corrected chi connectivity index (χ1v) is 10.0. The number of allylic oxidation sites excluding steroid dienone is 2. The first-order valence-electron chi connectivity index (χ1n) is 10.0. The van der Waals surface area contributed by atoms with Crippen molar-refractivity contribution in [2.45, 2.75) is 84.2 Å². The van der Waals surface area contributed by atoms with Crippen molar-refractivity contribution in [1.82, 2.24) is 0 Å². The normalized spacial score (nSPS) is 43.2. The van der Waals surface area contributed by atoms with Gasteiger partial charge in [0.2, 0.25) is 0 Å². The van der Waals surface area contributed by atoms with Crippen molar-refractivity contribution < 1.29 is 4.74 Å². The summed E-state index contributed by atoms with van der Waals surface area (Å²) in [5, 5.41) is 0. The highest BCUT2D eigenvalue weighted by molar-refractivity contribution is 4.99. The lowest BCUT2D eigenvalue weighted by atomic mass is 9.74. The molecular weight excluding hydrogens is 268 g/mol. The largest absolute Gasteiger partial charge is 0.378 e. The fourth-order valence-corrected chi connectivity index (χ4v) is 4.82. The maximum Gasteiger partial charge on any atom is 0.0575 e. The lowest BCUT2D eigenvalue weighted by molar-refractivity contribution is -0.0127. The molecule has 0 N–H and O–H groups in total. The molecule has 0 bridgehead atoms. The molecule has 126 valence electrons. The second kappa shape index (κ2) is 7.99. The van der Waals surface area contributed by atoms with Crippen LogP contribution in [0.4, 0.5) is 0 Å². The Morgan fingerprint density at radius 3 is 2.14 bits per heavy atom. The zero-order valence-electron chi connectivity index (χ0n) is 14.8. The zero-order chi connectivity index (χ0) is 15.4. The van der Waals surface area contributed by atoms with Gasteiger partial charge in [-0.3, -0.25) is 0 Å². The summed E-state index contributed by atoms with van der Waals surface area (Å²) in [5.74, 6) is 4.44. The molecule has 1 heteroatoms. The lowest BCUT2D eigenvalue weighted by Crippen LogP contribution is -2.28. The second-order valence-corrected chi connectivity index (χ2v) is 8.60. The maximum absolute atomic E-state index is 6.29. The Hall–Kier alpha value is -0.300. The lowest BCUT2D eigenvalue weighted by Gasteiger charge is -2.35. The highest BCUT2D eigenvalue weighted by Crippen LogP contribution is 2.37. The first kappa shape index (κ1) is 16.6. The average molecular weight is 305 g/mol. The minimum Gasteiger partial charge on any atom is -0.378 e. The van der Waals surface area contributed by atoms with Gasteiger partial charge in [0.25, 0.3) is 0 Å². The second-order valence-electron chi connectivity index (χ2n) is 8.60. The standard InChI is InChI=1S/C21H36O/c1-16-3-7-18(8-4-16)15-22-21-13-11-20(12-14-21)19-9-5-17(2)6-10-19/h5,9,16-21H,3-4,6-8,10-15H2,1-2H3. The molecule has 3 aliphatic rings. The van der Waals surface area contributed by atoms with Crippen molar-refractivity contribution in [3.63, 3.8) is 0 Å². The fourth-order valence-electron chi connectivity index (χ4n) is 4.82. The summed E-state index contributed by atoms with van der Waals surface area (Å²) in [4.78, 5) is 0. The van der Waals surface area contributed by atoms with Crippen LogP contribution in [0.2, 0.25) is 0 Å². The van der Waals surface area contributed by atoms with Crippen molar-refractivity contribution >= 4 is 0 Å². The Morgan fingerprint density at radius 2 is 1.50 bits per heavy atom. The third kappa shape index (κ3) is 4.60. The van der Waals surface area contributed by atoms with Gasteiger partial charge in [-0.2, -0.15) is 0 Å². The smallest absolute Gasteiger partial charge is 0.0575 e. The SMILES string of the molecule is CC1C=CC(C2CCC(OCC3CCC(C)CC3)CC2)CC1. The van der Waals surface area contributed by atoms with Crippen LogP contribution in [0.15, 0.2) is 12.2 Å². The Balaban J connectivity index is 1.34. The van der Waals surface area contributed by atoms with Crippen LogP contribution >= 0.6 is 0 Å². The van der Waals surface area contributed by atoms with Gasteiger partial charge < -0.3 is 4.74 Å². The molecule has 0 heterocycles. The summed E-state index contributed by atoms with van der Waals surface area (Å²) in [6.07, 6.45) is 19.5. The van der Waals surface area contributed by atoms with Gasteiger partial charge in [-0.05, 0) is 81.0 Å². The molecule has 0 aromatic heterocycles. The van der Waals surface area contributed by atoms with E-state index in [2.05, 4.69) is 26.0 Å². The fraction of sp³-hybridized carbons (Fsp3) is 0.905. The monoisotopic (exact) mass is 304 g/mol. The van der Waals surface area contributed by atoms with Crippen LogP contribution in [0, 0.1) is 29.6 Å². The number of rotatable bonds is 4. The van der Waals surface area contributed by atoms with Gasteiger partial charge in [0.05, 0.1) is 6.10 Å². The molecule has 2 atom stereocenters. The third-order valence-corrected chi connectivity index (χ3v) is 6.67. The van der Waals surface area contributed by atoms with E-state index >= 15 is 0 Å². The summed E-state index contributed by atoms with van der Waals surface area (Å²) in [7, 11) is 0. The molecule has 3 rings (SSSR count). The van der Waals surface area contributed by atoms with Gasteiger partial charge in [-0.15, -0.1) is 0 Å². The molecule has 0 saturated heterocycles. The molecule has 3 aliphatic carbocycles.